The van der Waals surface area contributed by atoms with Gasteiger partial charge in [-0.25, -0.2) is 6.33 Å². The van der Waals surface area contributed by atoms with Crippen LogP contribution in [-0.2, 0) is 20.4 Å². The smallest absolute Gasteiger partial charge is 0.153 e. The Morgan fingerprint density at radius 1 is 1.14 bits per heavy atom. The monoisotopic (exact) mass is 268 g/mol. The predicted molar refractivity (Wildman–Crippen MR) is 16.5 cm³/mol. The summed E-state index contributed by atoms with van der Waals surface area (Å²) in [5.41, 5.74) is 0. The molecule has 7 heavy (non-hydrogen) atoms. The molecule has 0 N–H and O–H groups in total. The van der Waals surface area contributed by atoms with Crippen LogP contribution in [0.3, 0.4) is 0 Å². The van der Waals surface area contributed by atoms with Crippen molar-refractivity contribution in [3.05, 3.63) is 12.7 Å². The molecule has 0 spiro atoms. The molecule has 0 aliphatic rings. The summed E-state index contributed by atoms with van der Waals surface area (Å²) < 4.78 is 0. The molecule has 0 bridgehead atoms. The molecule has 0 aromatic carbocycles. The summed E-state index contributed by atoms with van der Waals surface area (Å²) in [6, 6.07) is 0. The van der Waals surface area contributed by atoms with Gasteiger partial charge in [-0.3, -0.25) is 0 Å². The summed E-state index contributed by atoms with van der Waals surface area (Å²) in [7, 11) is 0. The van der Waals surface area contributed by atoms with Gasteiger partial charge in [-0.2, -0.15) is 10.2 Å². The van der Waals surface area contributed by atoms with E-state index in [-0.39, 0.29) is 20.4 Å². The second-order valence-electron chi connectivity index (χ2n) is 0.646. The van der Waals surface area contributed by atoms with Crippen molar-refractivity contribution in [1.82, 2.24) is 20.4 Å². The van der Waals surface area contributed by atoms with Crippen LogP contribution in [0.15, 0.2) is 6.33 Å². The Bertz CT molecular complexity index is 81.6. The van der Waals surface area contributed by atoms with Gasteiger partial charge in [-0.05, 0) is 0 Å². The first-order chi connectivity index (χ1) is 3.00. The Labute approximate surface area is 54.0 Å². The van der Waals surface area contributed by atoms with Crippen LogP contribution in [0.4, 0.5) is 0 Å². The van der Waals surface area contributed by atoms with Gasteiger partial charge in [0.1, 0.15) is 0 Å². The number of aromatic nitrogens is 4. The number of nitrogens with zero attached hydrogens (tertiary/aromatic N) is 4. The SMILES string of the molecule is [Re].[c-]1nncnn1. The maximum atomic E-state index is 3.31. The molecule has 0 saturated carbocycles. The zero-order chi connectivity index (χ0) is 4.24. The van der Waals surface area contributed by atoms with E-state index in [2.05, 4.69) is 26.7 Å². The first kappa shape index (κ1) is 6.60. The van der Waals surface area contributed by atoms with Crippen LogP contribution in [-0.4, -0.2) is 20.4 Å². The average molecular weight is 267 g/mol. The van der Waals surface area contributed by atoms with E-state index < -0.39 is 0 Å². The van der Waals surface area contributed by atoms with E-state index in [1.807, 2.05) is 0 Å². The second kappa shape index (κ2) is 3.78. The van der Waals surface area contributed by atoms with Crippen molar-refractivity contribution < 1.29 is 20.4 Å². The third kappa shape index (κ3) is 2.32. The van der Waals surface area contributed by atoms with Crippen LogP contribution in [0, 0.1) is 6.33 Å². The van der Waals surface area contributed by atoms with Crippen LogP contribution in [0.1, 0.15) is 0 Å². The zero-order valence-corrected chi connectivity index (χ0v) is 5.96. The van der Waals surface area contributed by atoms with Gasteiger partial charge >= 0.3 is 0 Å². The Morgan fingerprint density at radius 2 is 1.71 bits per heavy atom. The molecular weight excluding hydrogens is 266 g/mol. The molecule has 1 aromatic heterocycles. The molecule has 1 radical (unpaired) electrons. The summed E-state index contributed by atoms with van der Waals surface area (Å²) in [4.78, 5) is 0. The largest absolute Gasteiger partial charge is 0.350 e. The van der Waals surface area contributed by atoms with Gasteiger partial charge in [0.05, 0.1) is 0 Å². The van der Waals surface area contributed by atoms with Crippen molar-refractivity contribution in [2.75, 3.05) is 0 Å². The fourth-order valence-corrected chi connectivity index (χ4v) is 0.146. The minimum Gasteiger partial charge on any atom is -0.350 e. The zero-order valence-electron chi connectivity index (χ0n) is 3.24. The van der Waals surface area contributed by atoms with Crippen LogP contribution < -0.4 is 0 Å². The molecule has 0 saturated heterocycles. The van der Waals surface area contributed by atoms with Crippen molar-refractivity contribution in [2.45, 2.75) is 0 Å². The second-order valence-corrected chi connectivity index (χ2v) is 0.646. The van der Waals surface area contributed by atoms with Gasteiger partial charge in [0.25, 0.3) is 0 Å². The summed E-state index contributed by atoms with van der Waals surface area (Å²) in [5.74, 6) is 0. The molecule has 0 fully saturated rings. The fraction of sp³-hybridized carbons (Fsp3) is 0. The molecule has 5 heteroatoms. The minimum atomic E-state index is 0. The van der Waals surface area contributed by atoms with Crippen molar-refractivity contribution in [1.29, 1.82) is 0 Å². The number of hydrogen-bond acceptors (Lipinski definition) is 4. The van der Waals surface area contributed by atoms with Crippen LogP contribution in [0.25, 0.3) is 0 Å². The molecule has 0 atom stereocenters. The summed E-state index contributed by atoms with van der Waals surface area (Å²) in [6.07, 6.45) is 3.42. The first-order valence-electron chi connectivity index (χ1n) is 1.36. The molecule has 1 aromatic rings. The van der Waals surface area contributed by atoms with Gasteiger partial charge in [-0.15, -0.1) is 0 Å². The van der Waals surface area contributed by atoms with Gasteiger partial charge in [-0.1, -0.05) is 0 Å². The van der Waals surface area contributed by atoms with Crippen molar-refractivity contribution >= 4 is 0 Å². The Balaban J connectivity index is 0.000000360. The van der Waals surface area contributed by atoms with E-state index in [1.54, 1.807) is 0 Å². The van der Waals surface area contributed by atoms with E-state index in [9.17, 15) is 0 Å². The molecule has 4 nitrogen and oxygen atoms in total. The van der Waals surface area contributed by atoms with Gasteiger partial charge < -0.3 is 10.2 Å². The van der Waals surface area contributed by atoms with Crippen LogP contribution in [0.2, 0.25) is 0 Å². The topological polar surface area (TPSA) is 51.6 Å². The third-order valence-electron chi connectivity index (χ3n) is 0.308. The quantitative estimate of drug-likeness (QED) is 0.570. The Hall–Kier alpha value is -0.398. The molecule has 1 heterocycles. The Morgan fingerprint density at radius 3 is 1.86 bits per heavy atom. The summed E-state index contributed by atoms with van der Waals surface area (Å²) in [5, 5.41) is 13.1. The molecule has 0 aliphatic heterocycles. The van der Waals surface area contributed by atoms with Gasteiger partial charge in [0.15, 0.2) is 6.33 Å². The standard InChI is InChI=1S/C2HN4.Re/c1-3-5-2-6-4-1;/h1H;/q-1;. The van der Waals surface area contributed by atoms with Crippen molar-refractivity contribution in [2.24, 2.45) is 0 Å². The maximum absolute atomic E-state index is 3.31. The van der Waals surface area contributed by atoms with Gasteiger partial charge in [0.2, 0.25) is 0 Å². The molecule has 0 amide bonds. The van der Waals surface area contributed by atoms with E-state index in [0.29, 0.717) is 0 Å². The normalized spacial score (nSPS) is 6.86. The first-order valence-corrected chi connectivity index (χ1v) is 1.36. The molecule has 37 valence electrons. The third-order valence-corrected chi connectivity index (χ3v) is 0.308. The molecule has 0 aliphatic carbocycles. The minimum absolute atomic E-state index is 0. The maximum Gasteiger partial charge on any atom is 0.153 e. The fourth-order valence-electron chi connectivity index (χ4n) is 0.146. The number of rotatable bonds is 0. The molecular formula is C2HN4Re-. The average Bonchev–Trinajstić information content (AvgIpc) is 1.72. The van der Waals surface area contributed by atoms with Crippen molar-refractivity contribution in [3.8, 4) is 0 Å². The summed E-state index contributed by atoms with van der Waals surface area (Å²) >= 11 is 0. The van der Waals surface area contributed by atoms with Gasteiger partial charge in [0, 0.05) is 20.4 Å². The van der Waals surface area contributed by atoms with E-state index in [4.69, 9.17) is 0 Å². The Kier molecular flexibility index (Phi) is 3.57. The molecule has 1 rings (SSSR count). The van der Waals surface area contributed by atoms with E-state index in [1.165, 1.54) is 6.33 Å². The van der Waals surface area contributed by atoms with E-state index >= 15 is 0 Å². The van der Waals surface area contributed by atoms with E-state index in [0.717, 1.165) is 0 Å². The van der Waals surface area contributed by atoms with Crippen LogP contribution in [0.5, 0.6) is 0 Å². The summed E-state index contributed by atoms with van der Waals surface area (Å²) in [6.45, 7) is 0. The van der Waals surface area contributed by atoms with Crippen molar-refractivity contribution in [3.63, 3.8) is 0 Å². The van der Waals surface area contributed by atoms with Crippen LogP contribution >= 0.6 is 0 Å². The molecule has 0 unspecified atom stereocenters. The number of hydrogen-bond donors (Lipinski definition) is 0. The predicted octanol–water partition coefficient (Wildman–Crippen LogP) is -0.936.